The number of anilines is 1. The van der Waals surface area contributed by atoms with Gasteiger partial charge < -0.3 is 15.2 Å². The molecule has 0 bridgehead atoms. The van der Waals surface area contributed by atoms with Crippen LogP contribution >= 0.6 is 23.2 Å². The Kier molecular flexibility index (Phi) is 10.6. The van der Waals surface area contributed by atoms with Crippen molar-refractivity contribution >= 4 is 67.1 Å². The fourth-order valence-corrected chi connectivity index (χ4v) is 5.52. The van der Waals surface area contributed by atoms with Crippen LogP contribution in [0.5, 0.6) is 11.5 Å². The molecule has 4 aromatic rings. The number of halogens is 2. The van der Waals surface area contributed by atoms with Gasteiger partial charge in [-0.15, -0.1) is 5.11 Å². The third-order valence-electron chi connectivity index (χ3n) is 5.77. The molecule has 0 atom stereocenters. The summed E-state index contributed by atoms with van der Waals surface area (Å²) >= 11 is 12.4. The Morgan fingerprint density at radius 2 is 1.75 bits per heavy atom. The Labute approximate surface area is 263 Å². The predicted molar refractivity (Wildman–Crippen MR) is 149 cm³/mol. The first-order valence-corrected chi connectivity index (χ1v) is 13.9. The van der Waals surface area contributed by atoms with E-state index in [1.54, 1.807) is 49.4 Å². The van der Waals surface area contributed by atoms with Gasteiger partial charge in [-0.3, -0.25) is 9.35 Å². The fraction of sp³-hybridized carbons (Fsp3) is 0.148. The molecular formula is C27H22Cl2N3NaO6S. The van der Waals surface area contributed by atoms with Gasteiger partial charge in [0.05, 0.1) is 23.0 Å². The predicted octanol–water partition coefficient (Wildman–Crippen LogP) is 4.10. The number of hydrogen-bond donors (Lipinski definition) is 2. The Morgan fingerprint density at radius 1 is 1.02 bits per heavy atom. The van der Waals surface area contributed by atoms with Crippen LogP contribution in [-0.4, -0.2) is 25.5 Å². The minimum Gasteiger partial charge on any atom is -0.870 e. The van der Waals surface area contributed by atoms with Crippen molar-refractivity contribution in [2.24, 2.45) is 10.2 Å². The maximum absolute atomic E-state index is 13.5. The number of carbonyl (C=O) groups is 1. The zero-order valence-corrected chi connectivity index (χ0v) is 26.1. The number of fused-ring (bicyclic) bond motifs is 1. The number of ether oxygens (including phenoxy) is 1. The van der Waals surface area contributed by atoms with E-state index in [2.05, 4.69) is 15.5 Å². The van der Waals surface area contributed by atoms with Crippen molar-refractivity contribution in [3.8, 4) is 11.5 Å². The van der Waals surface area contributed by atoms with Crippen LogP contribution in [0.25, 0.3) is 10.8 Å². The molecule has 0 radical (unpaired) electrons. The van der Waals surface area contributed by atoms with Crippen LogP contribution in [0.3, 0.4) is 0 Å². The van der Waals surface area contributed by atoms with Crippen molar-refractivity contribution < 1.29 is 57.2 Å². The van der Waals surface area contributed by atoms with E-state index in [1.807, 2.05) is 6.92 Å². The van der Waals surface area contributed by atoms with Crippen LogP contribution in [0.4, 0.5) is 17.1 Å². The first kappa shape index (κ1) is 31.8. The molecule has 0 saturated carbocycles. The number of amides is 1. The molecule has 0 heterocycles. The van der Waals surface area contributed by atoms with Crippen LogP contribution in [0.2, 0.25) is 10.0 Å². The number of azo groups is 1. The molecule has 0 unspecified atom stereocenters. The number of benzene rings is 4. The molecule has 0 aromatic heterocycles. The average Bonchev–Trinajstić information content (AvgIpc) is 2.89. The van der Waals surface area contributed by atoms with Crippen molar-refractivity contribution in [3.63, 3.8) is 0 Å². The SMILES string of the molecule is CCOc1ccc(NC(=O)c2cc3ccccc3c(N=Nc3ccc(Cl)c(CC)c3S(=O)(=O)O)c2[O-])c(Cl)c1.[Na+]. The van der Waals surface area contributed by atoms with E-state index in [0.717, 1.165) is 0 Å². The van der Waals surface area contributed by atoms with Crippen LogP contribution in [0, 0.1) is 0 Å². The molecule has 0 saturated heterocycles. The molecule has 0 aliphatic heterocycles. The third-order valence-corrected chi connectivity index (χ3v) is 7.41. The Balaban J connectivity index is 0.00000441. The van der Waals surface area contributed by atoms with E-state index in [1.165, 1.54) is 18.2 Å². The maximum Gasteiger partial charge on any atom is 1.00 e. The molecule has 202 valence electrons. The molecule has 13 heteroatoms. The first-order valence-electron chi connectivity index (χ1n) is 11.7. The quantitative estimate of drug-likeness (QED) is 0.175. The smallest absolute Gasteiger partial charge is 0.870 e. The molecule has 2 N–H and O–H groups in total. The summed E-state index contributed by atoms with van der Waals surface area (Å²) in [7, 11) is -4.72. The average molecular weight is 610 g/mol. The van der Waals surface area contributed by atoms with E-state index in [9.17, 15) is 22.9 Å². The largest absolute Gasteiger partial charge is 1.00 e. The molecule has 1 amide bonds. The van der Waals surface area contributed by atoms with Gasteiger partial charge in [0.15, 0.2) is 0 Å². The first-order chi connectivity index (χ1) is 18.5. The molecular weight excluding hydrogens is 588 g/mol. The Bertz CT molecular complexity index is 1730. The van der Waals surface area contributed by atoms with Crippen LogP contribution in [-0.2, 0) is 16.5 Å². The number of rotatable bonds is 8. The fourth-order valence-electron chi connectivity index (χ4n) is 4.01. The normalized spacial score (nSPS) is 11.4. The van der Waals surface area contributed by atoms with Crippen LogP contribution in [0.1, 0.15) is 29.8 Å². The van der Waals surface area contributed by atoms with Gasteiger partial charge in [-0.1, -0.05) is 60.1 Å². The molecule has 0 aliphatic rings. The van der Waals surface area contributed by atoms with E-state index < -0.39 is 26.7 Å². The summed E-state index contributed by atoms with van der Waals surface area (Å²) in [4.78, 5) is 12.7. The summed E-state index contributed by atoms with van der Waals surface area (Å²) in [6.07, 6.45) is 0.191. The number of nitrogens with zero attached hydrogens (tertiary/aromatic N) is 2. The second-order valence-electron chi connectivity index (χ2n) is 8.25. The zero-order valence-electron chi connectivity index (χ0n) is 21.7. The summed E-state index contributed by atoms with van der Waals surface area (Å²) in [6, 6.07) is 15.6. The maximum atomic E-state index is 13.5. The minimum absolute atomic E-state index is 0. The van der Waals surface area contributed by atoms with Gasteiger partial charge in [-0.05, 0) is 54.6 Å². The van der Waals surface area contributed by atoms with Crippen molar-refractivity contribution in [2.45, 2.75) is 25.2 Å². The van der Waals surface area contributed by atoms with Gasteiger partial charge in [-0.25, -0.2) is 0 Å². The number of nitrogens with one attached hydrogen (secondary N) is 1. The Hall–Kier alpha value is -2.70. The van der Waals surface area contributed by atoms with E-state index in [4.69, 9.17) is 27.9 Å². The van der Waals surface area contributed by atoms with Crippen LogP contribution < -0.4 is 44.7 Å². The zero-order chi connectivity index (χ0) is 28.3. The summed E-state index contributed by atoms with van der Waals surface area (Å²) in [5, 5.41) is 25.4. The van der Waals surface area contributed by atoms with Crippen molar-refractivity contribution in [2.75, 3.05) is 11.9 Å². The van der Waals surface area contributed by atoms with Gasteiger partial charge >= 0.3 is 29.6 Å². The van der Waals surface area contributed by atoms with E-state index >= 15 is 0 Å². The monoisotopic (exact) mass is 609 g/mol. The Morgan fingerprint density at radius 3 is 2.40 bits per heavy atom. The summed E-state index contributed by atoms with van der Waals surface area (Å²) < 4.78 is 39.5. The minimum atomic E-state index is -4.72. The molecule has 0 spiro atoms. The second kappa shape index (κ2) is 13.3. The van der Waals surface area contributed by atoms with Gasteiger partial charge in [0.2, 0.25) is 0 Å². The summed E-state index contributed by atoms with van der Waals surface area (Å²) in [6.45, 7) is 3.93. The van der Waals surface area contributed by atoms with Gasteiger partial charge in [0.1, 0.15) is 16.3 Å². The third kappa shape index (κ3) is 6.77. The van der Waals surface area contributed by atoms with Crippen molar-refractivity contribution in [3.05, 3.63) is 81.8 Å². The van der Waals surface area contributed by atoms with E-state index in [0.29, 0.717) is 23.1 Å². The topological polar surface area (TPSA) is 140 Å². The van der Waals surface area contributed by atoms with Crippen LogP contribution in [0.15, 0.2) is 75.8 Å². The standard InChI is InChI=1S/C27H23Cl2N3O6S.Na/c1-3-17-20(28)10-12-23(26(17)39(35,36)37)31-32-24-18-8-6-5-7-15(18)13-19(25(24)33)27(34)30-22-11-9-16(38-4-2)14-21(22)29;/h5-14,33H,3-4H2,1-2H3,(H,30,34)(H,35,36,37);/q;+1/p-1. The number of carbonyl (C=O) groups excluding carboxylic acids is 1. The molecule has 0 aliphatic carbocycles. The van der Waals surface area contributed by atoms with E-state index in [-0.39, 0.29) is 74.2 Å². The second-order valence-corrected chi connectivity index (χ2v) is 10.4. The van der Waals surface area contributed by atoms with Crippen molar-refractivity contribution in [1.29, 1.82) is 0 Å². The van der Waals surface area contributed by atoms with Gasteiger partial charge in [0.25, 0.3) is 16.0 Å². The number of hydrogen-bond acceptors (Lipinski definition) is 7. The molecule has 9 nitrogen and oxygen atoms in total. The molecule has 0 fully saturated rings. The van der Waals surface area contributed by atoms with Gasteiger partial charge in [0, 0.05) is 22.0 Å². The summed E-state index contributed by atoms with van der Waals surface area (Å²) in [5.41, 5.74) is -0.202. The van der Waals surface area contributed by atoms with Gasteiger partial charge in [-0.2, -0.15) is 13.5 Å². The molecule has 4 aromatic carbocycles. The summed E-state index contributed by atoms with van der Waals surface area (Å²) in [5.74, 6) is -0.946. The molecule has 40 heavy (non-hydrogen) atoms. The van der Waals surface area contributed by atoms with Crippen molar-refractivity contribution in [1.82, 2.24) is 0 Å². The molecule has 4 rings (SSSR count).